The number of ether oxygens (including phenoxy) is 15. The van der Waals surface area contributed by atoms with Crippen LogP contribution >= 0.6 is 11.6 Å². The average Bonchev–Trinajstić information content (AvgIpc) is 3.48. The normalized spacial score (nSPS) is 51.7. The summed E-state index contributed by atoms with van der Waals surface area (Å²) in [4.78, 5) is 0. The smallest absolute Gasteiger partial charge is 0.187 e. The summed E-state index contributed by atoms with van der Waals surface area (Å²) in [5.41, 5.74) is 0. The SMILES string of the molecule is OC[C@H]1O[C@@H]2O[C@H]3[C@H](O)[C@@H](O)[C@@H](O[C@H]4[C@H](O)[C@@H](O)[C@@H](O[C@H]5[C@H](O)[C@@H](O)[C@@H](O[C@H]6[C@H](O)[C@@H](O)[C@@H](O[C@H]7[C@H](O)[C@@H](O)[C@@H](O[C@H]8[C@H](O)[C@@H](O)[C@@H](O[C@H]1[C@H](O)[C@H]2O)O[C@@H]8CO)O[C@@H]7CO)O[C@@H]6CO)O[C@@H]5COc1ccc(Cl)cc1)O[C@@H]4CO)O[C@@H]3CO. The van der Waals surface area contributed by atoms with Crippen molar-refractivity contribution in [3.05, 3.63) is 29.3 Å². The Bertz CT molecular complexity index is 2180. The molecule has 21 saturated heterocycles. The second-order valence-electron chi connectivity index (χ2n) is 21.2. The van der Waals surface area contributed by atoms with Crippen LogP contribution in [-0.2, 0) is 66.3 Å². The van der Waals surface area contributed by atoms with E-state index < -0.39 is 261 Å². The van der Waals surface area contributed by atoms with Gasteiger partial charge in [-0.2, -0.15) is 0 Å². The van der Waals surface area contributed by atoms with Gasteiger partial charge in [0, 0.05) is 5.02 Å². The molecule has 21 fully saturated rings. The first-order valence-electron chi connectivity index (χ1n) is 26.8. The zero-order valence-electron chi connectivity index (χ0n) is 43.9. The summed E-state index contributed by atoms with van der Waals surface area (Å²) >= 11 is 6.04. The molecular weight excluding hydrogens is 1170 g/mol. The van der Waals surface area contributed by atoms with E-state index >= 15 is 0 Å². The maximum Gasteiger partial charge on any atom is 0.187 e. The molecule has 35 nitrogen and oxygen atoms in total. The van der Waals surface area contributed by atoms with Crippen molar-refractivity contribution in [2.24, 2.45) is 0 Å². The molecule has 21 heterocycles. The van der Waals surface area contributed by atoms with E-state index in [0.29, 0.717) is 5.02 Å². The van der Waals surface area contributed by atoms with Crippen LogP contribution in [0, 0.1) is 0 Å². The Balaban J connectivity index is 1.02. The third-order valence-corrected chi connectivity index (χ3v) is 16.1. The van der Waals surface area contributed by atoms with Crippen LogP contribution < -0.4 is 4.74 Å². The van der Waals surface area contributed by atoms with Crippen molar-refractivity contribution in [3.63, 3.8) is 0 Å². The molecule has 1 aromatic carbocycles. The van der Waals surface area contributed by atoms with Gasteiger partial charge in [-0.25, -0.2) is 0 Å². The van der Waals surface area contributed by atoms with E-state index in [1.165, 1.54) is 24.3 Å². The number of aliphatic hydroxyl groups excluding tert-OH is 20. The van der Waals surface area contributed by atoms with Crippen LogP contribution in [-0.4, -0.2) is 363 Å². The van der Waals surface area contributed by atoms with E-state index in [-0.39, 0.29) is 5.75 Å². The zero-order valence-corrected chi connectivity index (χ0v) is 44.7. The third-order valence-electron chi connectivity index (χ3n) is 15.8. The first-order valence-corrected chi connectivity index (χ1v) is 27.2. The molecule has 21 aliphatic heterocycles. The summed E-state index contributed by atoms with van der Waals surface area (Å²) in [5.74, 6) is 0.161. The van der Waals surface area contributed by atoms with Crippen molar-refractivity contribution in [2.45, 2.75) is 215 Å². The molecule has 0 spiro atoms. The topological polar surface area (TPSA) is 543 Å². The number of benzene rings is 1. The third kappa shape index (κ3) is 13.4. The van der Waals surface area contributed by atoms with Crippen molar-refractivity contribution < 1.29 is 173 Å². The molecule has 0 saturated carbocycles. The number of rotatable bonds is 9. The van der Waals surface area contributed by atoms with Gasteiger partial charge in [-0.15, -0.1) is 0 Å². The maximum atomic E-state index is 11.8. The fraction of sp³-hybridized carbons (Fsp3) is 0.875. The van der Waals surface area contributed by atoms with Crippen molar-refractivity contribution >= 4 is 11.6 Å². The Morgan fingerprint density at radius 3 is 0.631 bits per heavy atom. The van der Waals surface area contributed by atoms with E-state index in [0.717, 1.165) is 0 Å². The van der Waals surface area contributed by atoms with Crippen LogP contribution in [0.5, 0.6) is 5.75 Å². The zero-order chi connectivity index (χ0) is 60.7. The van der Waals surface area contributed by atoms with E-state index in [1.807, 2.05) is 0 Å². The molecule has 0 amide bonds. The van der Waals surface area contributed by atoms with Crippen molar-refractivity contribution in [2.75, 3.05) is 46.2 Å². The van der Waals surface area contributed by atoms with E-state index in [9.17, 15) is 102 Å². The van der Waals surface area contributed by atoms with Crippen LogP contribution in [0.25, 0.3) is 0 Å². The first-order chi connectivity index (χ1) is 40.1. The van der Waals surface area contributed by atoms with Crippen molar-refractivity contribution in [1.82, 2.24) is 0 Å². The summed E-state index contributed by atoms with van der Waals surface area (Å²) in [6.45, 7) is -6.89. The summed E-state index contributed by atoms with van der Waals surface area (Å²) < 4.78 is 86.9. The van der Waals surface area contributed by atoms with E-state index in [4.69, 9.17) is 82.7 Å². The van der Waals surface area contributed by atoms with Gasteiger partial charge in [0.1, 0.15) is 183 Å². The standard InChI is InChI=1S/C48H73ClO35/c49-12-1-3-13(4-2-12)70-11-20-41-27(62)34(69)48(77-20)83-40-19(10-55)75-46(32(67)25(40)60)81-38-17(8-53)73-44(30(65)23(38)58)79-36-15(6-51)71-42(28(63)21(36)56)78-35-14(5-50)72-43(29(64)22(35)57)80-37-16(7-52)74-45(31(66)24(37)59)82-39-18(9-54)76-47(84-41)33(68)26(39)61/h1-4,14-48,50-69H,5-11H2/t14-,15-,16-,17-,18-,19-,20-,21-,22-,23-,24-,25-,26-,27-,28-,29-,30-,31-,32-,33-,34-,35-,36-,37-,38-,39-,40-,41-,42-,43-,44-,45-,46-,47-,48-/m1/s1. The summed E-state index contributed by atoms with van der Waals surface area (Å²) in [5, 5.41) is 223. The highest BCUT2D eigenvalue weighted by Gasteiger charge is 2.59. The van der Waals surface area contributed by atoms with Crippen molar-refractivity contribution in [3.8, 4) is 5.75 Å². The fourth-order valence-electron chi connectivity index (χ4n) is 11.1. The highest BCUT2D eigenvalue weighted by Crippen LogP contribution is 2.39. The van der Waals surface area contributed by atoms with Gasteiger partial charge in [-0.3, -0.25) is 0 Å². The Labute approximate surface area is 480 Å². The van der Waals surface area contributed by atoms with Gasteiger partial charge in [0.25, 0.3) is 0 Å². The van der Waals surface area contributed by atoms with E-state index in [2.05, 4.69) is 0 Å². The lowest BCUT2D eigenvalue weighted by molar-refractivity contribution is -0.396. The lowest BCUT2D eigenvalue weighted by Gasteiger charge is -2.50. The van der Waals surface area contributed by atoms with Gasteiger partial charge in [-0.05, 0) is 24.3 Å². The molecule has 0 radical (unpaired) electrons. The van der Waals surface area contributed by atoms with E-state index in [1.54, 1.807) is 0 Å². The summed E-state index contributed by atoms with van der Waals surface area (Å²) in [7, 11) is 0. The molecule has 22 rings (SSSR count). The minimum Gasteiger partial charge on any atom is -0.491 e. The highest BCUT2D eigenvalue weighted by atomic mass is 35.5. The van der Waals surface area contributed by atoms with Crippen LogP contribution in [0.1, 0.15) is 0 Å². The molecule has 0 aromatic heterocycles. The minimum atomic E-state index is -2.22. The monoisotopic (exact) mass is 1240 g/mol. The molecule has 84 heavy (non-hydrogen) atoms. The lowest BCUT2D eigenvalue weighted by atomic mass is 9.95. The molecule has 14 bridgehead atoms. The molecule has 1 aromatic rings. The molecule has 36 heteroatoms. The van der Waals surface area contributed by atoms with Gasteiger partial charge in [0.2, 0.25) is 0 Å². The summed E-state index contributed by atoms with van der Waals surface area (Å²) in [6.07, 6.45) is -70.3. The first kappa shape index (κ1) is 66.4. The fourth-order valence-corrected chi connectivity index (χ4v) is 11.2. The van der Waals surface area contributed by atoms with Gasteiger partial charge in [0.05, 0.1) is 39.6 Å². The largest absolute Gasteiger partial charge is 0.491 e. The van der Waals surface area contributed by atoms with Crippen LogP contribution in [0.15, 0.2) is 24.3 Å². The predicted molar refractivity (Wildman–Crippen MR) is 258 cm³/mol. The Kier molecular flexibility index (Phi) is 22.4. The van der Waals surface area contributed by atoms with Crippen LogP contribution in [0.4, 0.5) is 0 Å². The number of hydrogen-bond acceptors (Lipinski definition) is 35. The predicted octanol–water partition coefficient (Wildman–Crippen LogP) is -12.5. The summed E-state index contributed by atoms with van der Waals surface area (Å²) in [6, 6.07) is 5.81. The minimum absolute atomic E-state index is 0.161. The number of halogens is 1. The Morgan fingerprint density at radius 1 is 0.262 bits per heavy atom. The Morgan fingerprint density at radius 2 is 0.440 bits per heavy atom. The van der Waals surface area contributed by atoms with Crippen LogP contribution in [0.2, 0.25) is 5.02 Å². The van der Waals surface area contributed by atoms with Gasteiger partial charge in [-0.1, -0.05) is 11.6 Å². The molecule has 0 aliphatic carbocycles. The van der Waals surface area contributed by atoms with Gasteiger partial charge < -0.3 is 173 Å². The lowest BCUT2D eigenvalue weighted by Crippen LogP contribution is -2.68. The number of hydrogen-bond donors (Lipinski definition) is 20. The quantitative estimate of drug-likeness (QED) is 0.109. The molecule has 35 atom stereocenters. The van der Waals surface area contributed by atoms with Crippen molar-refractivity contribution in [1.29, 1.82) is 0 Å². The van der Waals surface area contributed by atoms with Gasteiger partial charge in [0.15, 0.2) is 44.0 Å². The average molecular weight is 1250 g/mol. The molecule has 21 aliphatic rings. The molecule has 20 N–H and O–H groups in total. The molecule has 0 unspecified atom stereocenters. The molecular formula is C48H73ClO35. The molecule has 482 valence electrons. The second-order valence-corrected chi connectivity index (χ2v) is 21.7. The maximum absolute atomic E-state index is 11.8. The Hall–Kier alpha value is -2.05. The van der Waals surface area contributed by atoms with Gasteiger partial charge >= 0.3 is 0 Å². The number of aliphatic hydroxyl groups is 20. The second kappa shape index (κ2) is 28.4. The van der Waals surface area contributed by atoms with Crippen LogP contribution in [0.3, 0.4) is 0 Å². The highest BCUT2D eigenvalue weighted by molar-refractivity contribution is 6.30.